The number of pyridine rings is 1. The second-order valence-corrected chi connectivity index (χ2v) is 7.66. The number of hydrogen-bond acceptors (Lipinski definition) is 9. The highest BCUT2D eigenvalue weighted by molar-refractivity contribution is 6.01. The Morgan fingerprint density at radius 1 is 0.943 bits per heavy atom. The highest BCUT2D eigenvalue weighted by Crippen LogP contribution is 2.37. The van der Waals surface area contributed by atoms with Crippen molar-refractivity contribution >= 4 is 29.0 Å². The van der Waals surface area contributed by atoms with Gasteiger partial charge in [-0.3, -0.25) is 4.79 Å². The van der Waals surface area contributed by atoms with Gasteiger partial charge in [0.05, 0.1) is 29.6 Å². The van der Waals surface area contributed by atoms with Crippen LogP contribution in [0.5, 0.6) is 5.75 Å². The van der Waals surface area contributed by atoms with Gasteiger partial charge >= 0.3 is 0 Å². The van der Waals surface area contributed by atoms with Gasteiger partial charge in [0.2, 0.25) is 5.95 Å². The molecule has 10 nitrogen and oxygen atoms in total. The summed E-state index contributed by atoms with van der Waals surface area (Å²) in [6.45, 7) is 4.48. The summed E-state index contributed by atoms with van der Waals surface area (Å²) in [6, 6.07) is 9.07. The summed E-state index contributed by atoms with van der Waals surface area (Å²) in [4.78, 5) is 34.4. The molecule has 3 N–H and O–H groups in total. The molecular weight excluding hydrogens is 444 g/mol. The molecule has 0 unspecified atom stereocenters. The first-order valence-corrected chi connectivity index (χ1v) is 11.1. The van der Waals surface area contributed by atoms with Crippen molar-refractivity contribution in [2.24, 2.45) is 0 Å². The number of hydrogen-bond donors (Lipinski definition) is 3. The third-order valence-electron chi connectivity index (χ3n) is 5.00. The van der Waals surface area contributed by atoms with Crippen LogP contribution < -0.4 is 20.7 Å². The van der Waals surface area contributed by atoms with E-state index in [1.165, 1.54) is 6.20 Å². The van der Waals surface area contributed by atoms with Crippen LogP contribution in [0.15, 0.2) is 61.3 Å². The maximum Gasteiger partial charge on any atom is 0.254 e. The Kier molecular flexibility index (Phi) is 7.41. The minimum absolute atomic E-state index is 0.235. The summed E-state index contributed by atoms with van der Waals surface area (Å²) >= 11 is 0. The van der Waals surface area contributed by atoms with Crippen LogP contribution in [0, 0.1) is 6.92 Å². The molecule has 4 rings (SSSR count). The highest BCUT2D eigenvalue weighted by Gasteiger charge is 2.18. The number of aromatic nitrogens is 5. The van der Waals surface area contributed by atoms with Gasteiger partial charge in [-0.25, -0.2) is 24.9 Å². The fourth-order valence-electron chi connectivity index (χ4n) is 3.33. The third kappa shape index (κ3) is 5.67. The van der Waals surface area contributed by atoms with Crippen molar-refractivity contribution in [3.63, 3.8) is 0 Å². The Morgan fingerprint density at radius 2 is 1.71 bits per heavy atom. The van der Waals surface area contributed by atoms with Crippen molar-refractivity contribution in [2.45, 2.75) is 20.3 Å². The molecule has 0 spiro atoms. The molecule has 3 heterocycles. The monoisotopic (exact) mass is 470 g/mol. The van der Waals surface area contributed by atoms with E-state index < -0.39 is 0 Å². The summed E-state index contributed by atoms with van der Waals surface area (Å²) in [7, 11) is 1.58. The predicted octanol–water partition coefficient (Wildman–Crippen LogP) is 4.27. The second-order valence-electron chi connectivity index (χ2n) is 7.66. The van der Waals surface area contributed by atoms with Crippen molar-refractivity contribution in [2.75, 3.05) is 24.3 Å². The second kappa shape index (κ2) is 11.0. The number of carbonyl (C=O) groups is 1. The molecule has 4 aromatic rings. The number of anilines is 4. The van der Waals surface area contributed by atoms with Crippen molar-refractivity contribution in [1.82, 2.24) is 30.2 Å². The number of nitrogens with zero attached hydrogens (tertiary/aromatic N) is 5. The molecule has 0 saturated carbocycles. The van der Waals surface area contributed by atoms with Crippen LogP contribution >= 0.6 is 0 Å². The van der Waals surface area contributed by atoms with Crippen LogP contribution in [0.1, 0.15) is 29.3 Å². The lowest BCUT2D eigenvalue weighted by atomic mass is 10.1. The van der Waals surface area contributed by atoms with E-state index in [2.05, 4.69) is 40.9 Å². The minimum Gasteiger partial charge on any atom is -0.494 e. The summed E-state index contributed by atoms with van der Waals surface area (Å²) in [5, 5.41) is 9.29. The predicted molar refractivity (Wildman–Crippen MR) is 134 cm³/mol. The first-order chi connectivity index (χ1) is 17.1. The average Bonchev–Trinajstić information content (AvgIpc) is 2.88. The molecular formula is C25H26N8O2. The van der Waals surface area contributed by atoms with Crippen LogP contribution in [0.25, 0.3) is 11.4 Å². The molecule has 0 bridgehead atoms. The Bertz CT molecular complexity index is 1300. The van der Waals surface area contributed by atoms with Crippen molar-refractivity contribution in [3.8, 4) is 17.1 Å². The zero-order valence-electron chi connectivity index (χ0n) is 19.7. The normalized spacial score (nSPS) is 10.5. The number of rotatable bonds is 9. The van der Waals surface area contributed by atoms with E-state index in [1.807, 2.05) is 32.0 Å². The molecule has 0 aliphatic heterocycles. The lowest BCUT2D eigenvalue weighted by molar-refractivity contribution is 0.0954. The summed E-state index contributed by atoms with van der Waals surface area (Å²) in [5.74, 6) is 1.72. The van der Waals surface area contributed by atoms with E-state index in [0.717, 1.165) is 17.5 Å². The topological polar surface area (TPSA) is 127 Å². The number of aryl methyl sites for hydroxylation is 1. The Hall–Kier alpha value is -4.60. The van der Waals surface area contributed by atoms with Crippen molar-refractivity contribution in [1.29, 1.82) is 0 Å². The maximum absolute atomic E-state index is 12.9. The Morgan fingerprint density at radius 3 is 2.43 bits per heavy atom. The van der Waals surface area contributed by atoms with Crippen molar-refractivity contribution in [3.05, 3.63) is 72.4 Å². The van der Waals surface area contributed by atoms with Gasteiger partial charge in [0, 0.05) is 43.6 Å². The number of nitrogens with one attached hydrogen (secondary N) is 3. The van der Waals surface area contributed by atoms with Crippen LogP contribution in [0.3, 0.4) is 0 Å². The van der Waals surface area contributed by atoms with Gasteiger partial charge in [0.25, 0.3) is 5.91 Å². The van der Waals surface area contributed by atoms with Gasteiger partial charge in [-0.1, -0.05) is 13.0 Å². The Balaban J connectivity index is 1.73. The fourth-order valence-corrected chi connectivity index (χ4v) is 3.33. The molecule has 0 radical (unpaired) electrons. The average molecular weight is 471 g/mol. The highest BCUT2D eigenvalue weighted by atomic mass is 16.5. The van der Waals surface area contributed by atoms with Gasteiger partial charge in [-0.2, -0.15) is 0 Å². The van der Waals surface area contributed by atoms with Crippen molar-refractivity contribution < 1.29 is 9.53 Å². The molecule has 3 aromatic heterocycles. The molecule has 0 saturated heterocycles. The van der Waals surface area contributed by atoms with E-state index >= 15 is 0 Å². The zero-order chi connectivity index (χ0) is 24.6. The number of amides is 1. The number of methoxy groups -OCH3 is 1. The minimum atomic E-state index is -0.235. The number of benzene rings is 1. The SMILES string of the molecule is CCCNC(=O)c1cnc(Nc2ncccn2)cc1Nc1cccc(-c2ncc(C)cn2)c1OC. The van der Waals surface area contributed by atoms with E-state index in [0.29, 0.717) is 46.8 Å². The lowest BCUT2D eigenvalue weighted by Crippen LogP contribution is -2.25. The van der Waals surface area contributed by atoms with Gasteiger partial charge in [-0.05, 0) is 37.1 Å². The first kappa shape index (κ1) is 23.6. The van der Waals surface area contributed by atoms with Gasteiger partial charge in [0.15, 0.2) is 11.6 Å². The molecule has 0 aliphatic carbocycles. The zero-order valence-corrected chi connectivity index (χ0v) is 19.7. The smallest absolute Gasteiger partial charge is 0.254 e. The largest absolute Gasteiger partial charge is 0.494 e. The standard InChI is InChI=1S/C25H26N8O2/c1-4-9-26-24(34)18-15-29-21(33-25-27-10-6-11-28-25)12-20(18)32-19-8-5-7-17(22(19)35-3)23-30-13-16(2)14-31-23/h5-8,10-15H,4,9H2,1-3H3,(H,26,34)(H2,27,28,29,32,33). The molecule has 1 aromatic carbocycles. The molecule has 0 fully saturated rings. The maximum atomic E-state index is 12.9. The van der Waals surface area contributed by atoms with E-state index in [4.69, 9.17) is 4.74 Å². The molecule has 1 amide bonds. The van der Waals surface area contributed by atoms with Crippen LogP contribution in [-0.2, 0) is 0 Å². The number of carbonyl (C=O) groups excluding carboxylic acids is 1. The van der Waals surface area contributed by atoms with E-state index in [9.17, 15) is 4.79 Å². The third-order valence-corrected chi connectivity index (χ3v) is 5.00. The number of para-hydroxylation sites is 1. The molecule has 10 heteroatoms. The first-order valence-electron chi connectivity index (χ1n) is 11.1. The molecule has 178 valence electrons. The summed E-state index contributed by atoms with van der Waals surface area (Å²) in [6.07, 6.45) is 9.10. The molecule has 35 heavy (non-hydrogen) atoms. The van der Waals surface area contributed by atoms with E-state index in [1.54, 1.807) is 44.0 Å². The number of ether oxygens (including phenoxy) is 1. The molecule has 0 atom stereocenters. The van der Waals surface area contributed by atoms with Crippen LogP contribution in [0.2, 0.25) is 0 Å². The fraction of sp³-hybridized carbons (Fsp3) is 0.200. The van der Waals surface area contributed by atoms with Gasteiger partial charge in [0.1, 0.15) is 5.82 Å². The van der Waals surface area contributed by atoms with Gasteiger partial charge in [-0.15, -0.1) is 0 Å². The van der Waals surface area contributed by atoms with Crippen LogP contribution in [0.4, 0.5) is 23.1 Å². The Labute approximate surface area is 203 Å². The van der Waals surface area contributed by atoms with Gasteiger partial charge < -0.3 is 20.7 Å². The molecule has 0 aliphatic rings. The quantitative estimate of drug-likeness (QED) is 0.328. The van der Waals surface area contributed by atoms with E-state index in [-0.39, 0.29) is 5.91 Å². The summed E-state index contributed by atoms with van der Waals surface area (Å²) in [5.41, 5.74) is 3.25. The summed E-state index contributed by atoms with van der Waals surface area (Å²) < 4.78 is 5.73. The van der Waals surface area contributed by atoms with Crippen LogP contribution in [-0.4, -0.2) is 44.5 Å². The lowest BCUT2D eigenvalue weighted by Gasteiger charge is -2.17.